The molecule has 2 N–H and O–H groups in total. The molecule has 9 heteroatoms. The van der Waals surface area contributed by atoms with Crippen LogP contribution in [0, 0.1) is 16.0 Å². The van der Waals surface area contributed by atoms with Gasteiger partial charge < -0.3 is 9.32 Å². The number of anilines is 1. The van der Waals surface area contributed by atoms with Crippen molar-refractivity contribution in [3.05, 3.63) is 58.5 Å². The first-order valence-corrected chi connectivity index (χ1v) is 8.18. The van der Waals surface area contributed by atoms with Crippen LogP contribution in [0.15, 0.2) is 47.1 Å². The standard InChI is InChI=1S/C17H18N4O5/c22-16(19-18-13-6-1-2-7-14(13)21(24)25)12-5-3-9-20(11-12)17(23)15-8-4-10-26-15/h1-2,4,6-8,10,12,18H,3,5,9,11H2,(H,19,22). The van der Waals surface area contributed by atoms with Gasteiger partial charge >= 0.3 is 0 Å². The molecule has 0 bridgehead atoms. The summed E-state index contributed by atoms with van der Waals surface area (Å²) in [5.74, 6) is -0.735. The summed E-state index contributed by atoms with van der Waals surface area (Å²) in [7, 11) is 0. The molecule has 136 valence electrons. The molecular weight excluding hydrogens is 340 g/mol. The van der Waals surface area contributed by atoms with Gasteiger partial charge in [-0.1, -0.05) is 12.1 Å². The van der Waals surface area contributed by atoms with E-state index in [1.54, 1.807) is 29.2 Å². The predicted octanol–water partition coefficient (Wildman–Crippen LogP) is 2.18. The minimum Gasteiger partial charge on any atom is -0.459 e. The number of nitro benzene ring substituents is 1. The van der Waals surface area contributed by atoms with E-state index >= 15 is 0 Å². The number of hydrogen-bond acceptors (Lipinski definition) is 6. The molecule has 1 saturated heterocycles. The van der Waals surface area contributed by atoms with E-state index in [2.05, 4.69) is 10.9 Å². The highest BCUT2D eigenvalue weighted by Gasteiger charge is 2.30. The zero-order chi connectivity index (χ0) is 18.5. The summed E-state index contributed by atoms with van der Waals surface area (Å²) >= 11 is 0. The van der Waals surface area contributed by atoms with Gasteiger partial charge in [-0.15, -0.1) is 0 Å². The molecular formula is C17H18N4O5. The Morgan fingerprint density at radius 3 is 2.77 bits per heavy atom. The van der Waals surface area contributed by atoms with Gasteiger partial charge in [0.05, 0.1) is 17.1 Å². The molecule has 0 radical (unpaired) electrons. The maximum absolute atomic E-state index is 12.4. The third-order valence-corrected chi connectivity index (χ3v) is 4.23. The molecule has 9 nitrogen and oxygen atoms in total. The van der Waals surface area contributed by atoms with Gasteiger partial charge in [0, 0.05) is 19.2 Å². The number of para-hydroxylation sites is 2. The largest absolute Gasteiger partial charge is 0.459 e. The lowest BCUT2D eigenvalue weighted by molar-refractivity contribution is -0.384. The van der Waals surface area contributed by atoms with Crippen molar-refractivity contribution in [3.8, 4) is 0 Å². The average molecular weight is 358 g/mol. The summed E-state index contributed by atoms with van der Waals surface area (Å²) < 4.78 is 5.12. The van der Waals surface area contributed by atoms with Crippen LogP contribution in [0.4, 0.5) is 11.4 Å². The van der Waals surface area contributed by atoms with Crippen LogP contribution in [0.25, 0.3) is 0 Å². The van der Waals surface area contributed by atoms with Crippen LogP contribution in [0.3, 0.4) is 0 Å². The Balaban J connectivity index is 1.60. The summed E-state index contributed by atoms with van der Waals surface area (Å²) in [6.07, 6.45) is 2.75. The quantitative estimate of drug-likeness (QED) is 0.625. The van der Waals surface area contributed by atoms with Gasteiger partial charge in [-0.25, -0.2) is 0 Å². The first kappa shape index (κ1) is 17.5. The van der Waals surface area contributed by atoms with E-state index in [1.165, 1.54) is 18.4 Å². The first-order chi connectivity index (χ1) is 12.6. The Labute approximate surface area is 149 Å². The Morgan fingerprint density at radius 1 is 1.23 bits per heavy atom. The maximum Gasteiger partial charge on any atom is 0.294 e. The fraction of sp³-hybridized carbons (Fsp3) is 0.294. The molecule has 0 spiro atoms. The number of benzene rings is 1. The maximum atomic E-state index is 12.4. The molecule has 2 heterocycles. The molecule has 0 aliphatic carbocycles. The highest BCUT2D eigenvalue weighted by atomic mass is 16.6. The van der Waals surface area contributed by atoms with Crippen LogP contribution in [-0.4, -0.2) is 34.7 Å². The van der Waals surface area contributed by atoms with Gasteiger partial charge in [-0.05, 0) is 31.0 Å². The van der Waals surface area contributed by atoms with Gasteiger partial charge in [-0.3, -0.25) is 30.6 Å². The topological polar surface area (TPSA) is 118 Å². The van der Waals surface area contributed by atoms with E-state index < -0.39 is 10.8 Å². The number of nitro groups is 1. The van der Waals surface area contributed by atoms with Crippen LogP contribution in [0.5, 0.6) is 0 Å². The molecule has 2 amide bonds. The number of amides is 2. The molecule has 1 aliphatic rings. The number of hydrogen-bond donors (Lipinski definition) is 2. The van der Waals surface area contributed by atoms with Crippen molar-refractivity contribution in [2.75, 3.05) is 18.5 Å². The Hall–Kier alpha value is -3.36. The smallest absolute Gasteiger partial charge is 0.294 e. The van der Waals surface area contributed by atoms with E-state index in [9.17, 15) is 19.7 Å². The molecule has 0 saturated carbocycles. The van der Waals surface area contributed by atoms with E-state index in [0.29, 0.717) is 19.4 Å². The molecule has 1 aliphatic heterocycles. The Morgan fingerprint density at radius 2 is 2.04 bits per heavy atom. The third-order valence-electron chi connectivity index (χ3n) is 4.23. The van der Waals surface area contributed by atoms with Crippen LogP contribution in [0.1, 0.15) is 23.4 Å². The van der Waals surface area contributed by atoms with E-state index in [4.69, 9.17) is 4.42 Å². The lowest BCUT2D eigenvalue weighted by atomic mass is 9.97. The fourth-order valence-electron chi connectivity index (χ4n) is 2.90. The van der Waals surface area contributed by atoms with Crippen molar-refractivity contribution >= 4 is 23.2 Å². The molecule has 3 rings (SSSR count). The molecule has 1 unspecified atom stereocenters. The monoisotopic (exact) mass is 358 g/mol. The second-order valence-electron chi connectivity index (χ2n) is 5.96. The minimum atomic E-state index is -0.529. The number of rotatable bonds is 5. The highest BCUT2D eigenvalue weighted by Crippen LogP contribution is 2.23. The summed E-state index contributed by atoms with van der Waals surface area (Å²) in [6, 6.07) is 9.25. The van der Waals surface area contributed by atoms with Crippen molar-refractivity contribution in [3.63, 3.8) is 0 Å². The van der Waals surface area contributed by atoms with Crippen molar-refractivity contribution in [1.82, 2.24) is 10.3 Å². The number of likely N-dealkylation sites (tertiary alicyclic amines) is 1. The summed E-state index contributed by atoms with van der Waals surface area (Å²) in [5, 5.41) is 11.0. The van der Waals surface area contributed by atoms with Gasteiger partial charge in [0.1, 0.15) is 5.69 Å². The van der Waals surface area contributed by atoms with Crippen LogP contribution >= 0.6 is 0 Å². The number of nitrogens with zero attached hydrogens (tertiary/aromatic N) is 2. The first-order valence-electron chi connectivity index (χ1n) is 8.18. The van der Waals surface area contributed by atoms with Gasteiger partial charge in [-0.2, -0.15) is 0 Å². The molecule has 1 atom stereocenters. The minimum absolute atomic E-state index is 0.133. The zero-order valence-electron chi connectivity index (χ0n) is 13.9. The van der Waals surface area contributed by atoms with Gasteiger partial charge in [0.2, 0.25) is 5.91 Å². The number of carbonyl (C=O) groups excluding carboxylic acids is 2. The van der Waals surface area contributed by atoms with Crippen molar-refractivity contribution in [1.29, 1.82) is 0 Å². The molecule has 1 aromatic carbocycles. The summed E-state index contributed by atoms with van der Waals surface area (Å²) in [6.45, 7) is 0.824. The van der Waals surface area contributed by atoms with Crippen molar-refractivity contribution < 1.29 is 18.9 Å². The number of furan rings is 1. The van der Waals surface area contributed by atoms with E-state index in [-0.39, 0.29) is 35.5 Å². The van der Waals surface area contributed by atoms with E-state index in [0.717, 1.165) is 0 Å². The molecule has 26 heavy (non-hydrogen) atoms. The zero-order valence-corrected chi connectivity index (χ0v) is 13.9. The lowest BCUT2D eigenvalue weighted by Crippen LogP contribution is -2.46. The van der Waals surface area contributed by atoms with Crippen LogP contribution < -0.4 is 10.9 Å². The second kappa shape index (κ2) is 7.68. The average Bonchev–Trinajstić information content (AvgIpc) is 3.20. The third kappa shape index (κ3) is 3.82. The van der Waals surface area contributed by atoms with Crippen LogP contribution in [0.2, 0.25) is 0 Å². The number of nitrogens with one attached hydrogen (secondary N) is 2. The summed E-state index contributed by atoms with van der Waals surface area (Å²) in [4.78, 5) is 36.8. The van der Waals surface area contributed by atoms with E-state index in [1.807, 2.05) is 0 Å². The lowest BCUT2D eigenvalue weighted by Gasteiger charge is -2.31. The van der Waals surface area contributed by atoms with Crippen molar-refractivity contribution in [2.24, 2.45) is 5.92 Å². The number of carbonyl (C=O) groups is 2. The molecule has 1 fully saturated rings. The molecule has 1 aromatic heterocycles. The number of piperidine rings is 1. The SMILES string of the molecule is O=C(NNc1ccccc1[N+](=O)[O-])C1CCCN(C(=O)c2ccco2)C1. The van der Waals surface area contributed by atoms with Crippen LogP contribution in [-0.2, 0) is 4.79 Å². The highest BCUT2D eigenvalue weighted by molar-refractivity contribution is 5.92. The Bertz CT molecular complexity index is 805. The number of hydrazine groups is 1. The molecule has 2 aromatic rings. The second-order valence-corrected chi connectivity index (χ2v) is 5.96. The van der Waals surface area contributed by atoms with Gasteiger partial charge in [0.25, 0.3) is 11.6 Å². The fourth-order valence-corrected chi connectivity index (χ4v) is 2.90. The van der Waals surface area contributed by atoms with Crippen molar-refractivity contribution in [2.45, 2.75) is 12.8 Å². The predicted molar refractivity (Wildman–Crippen MR) is 92.2 cm³/mol. The normalized spacial score (nSPS) is 16.8. The summed E-state index contributed by atoms with van der Waals surface area (Å²) in [5.41, 5.74) is 5.17. The Kier molecular flexibility index (Phi) is 5.16. The van der Waals surface area contributed by atoms with Gasteiger partial charge in [0.15, 0.2) is 5.76 Å².